The van der Waals surface area contributed by atoms with E-state index in [1.54, 1.807) is 36.6 Å². The average molecular weight is 515 g/mol. The van der Waals surface area contributed by atoms with Gasteiger partial charge < -0.3 is 10.6 Å². The molecule has 4 rings (SSSR count). The van der Waals surface area contributed by atoms with Crippen molar-refractivity contribution in [3.63, 3.8) is 0 Å². The van der Waals surface area contributed by atoms with Crippen molar-refractivity contribution in [1.29, 1.82) is 0 Å². The maximum absolute atomic E-state index is 13.1. The zero-order valence-electron chi connectivity index (χ0n) is 18.8. The number of hydrogen-bond donors (Lipinski definition) is 3. The Morgan fingerprint density at radius 1 is 1.11 bits per heavy atom. The van der Waals surface area contributed by atoms with Gasteiger partial charge in [-0.15, -0.1) is 11.3 Å². The summed E-state index contributed by atoms with van der Waals surface area (Å²) in [5, 5.41) is 14.4. The second kappa shape index (κ2) is 10.7. The second-order valence-electron chi connectivity index (χ2n) is 7.92. The Labute approximate surface area is 208 Å². The first-order valence-electron chi connectivity index (χ1n) is 10.9. The normalized spacial score (nSPS) is 11.0. The smallest absolute Gasteiger partial charge is 0.332 e. The number of amides is 2. The van der Waals surface area contributed by atoms with Crippen molar-refractivity contribution in [2.24, 2.45) is 0 Å². The van der Waals surface area contributed by atoms with Gasteiger partial charge in [-0.05, 0) is 42.5 Å². The van der Waals surface area contributed by atoms with E-state index in [1.165, 1.54) is 15.9 Å². The van der Waals surface area contributed by atoms with E-state index in [-0.39, 0.29) is 25.4 Å². The summed E-state index contributed by atoms with van der Waals surface area (Å²) >= 11 is 7.06. The fourth-order valence-electron chi connectivity index (χ4n) is 3.59. The first-order valence-corrected chi connectivity index (χ1v) is 12.1. The molecular formula is C23H23ClN6O4S. The van der Waals surface area contributed by atoms with E-state index in [9.17, 15) is 19.2 Å². The van der Waals surface area contributed by atoms with Crippen LogP contribution in [0.15, 0.2) is 51.4 Å². The third-order valence-corrected chi connectivity index (χ3v) is 6.47. The molecular weight excluding hydrogens is 492 g/mol. The molecule has 35 heavy (non-hydrogen) atoms. The minimum Gasteiger partial charge on any atom is -0.356 e. The van der Waals surface area contributed by atoms with Crippen LogP contribution in [0, 0.1) is 6.92 Å². The number of H-pyrrole nitrogens is 1. The molecule has 4 aromatic rings. The number of rotatable bonds is 9. The van der Waals surface area contributed by atoms with Gasteiger partial charge in [0.2, 0.25) is 11.8 Å². The number of benzene rings is 1. The van der Waals surface area contributed by atoms with E-state index in [1.807, 2.05) is 12.1 Å². The summed E-state index contributed by atoms with van der Waals surface area (Å²) in [4.78, 5) is 50.9. The van der Waals surface area contributed by atoms with Crippen LogP contribution < -0.4 is 21.9 Å². The Morgan fingerprint density at radius 3 is 2.60 bits per heavy atom. The van der Waals surface area contributed by atoms with Crippen LogP contribution in [0.25, 0.3) is 10.2 Å². The molecule has 0 saturated heterocycles. The van der Waals surface area contributed by atoms with Crippen molar-refractivity contribution < 1.29 is 9.59 Å². The highest BCUT2D eigenvalue weighted by Gasteiger charge is 2.17. The second-order valence-corrected chi connectivity index (χ2v) is 9.27. The number of anilines is 1. The molecule has 0 bridgehead atoms. The molecule has 12 heteroatoms. The highest BCUT2D eigenvalue weighted by molar-refractivity contribution is 7.17. The van der Waals surface area contributed by atoms with Gasteiger partial charge in [0.05, 0.1) is 5.52 Å². The summed E-state index contributed by atoms with van der Waals surface area (Å²) in [5.74, 6) is -0.406. The molecule has 0 saturated carbocycles. The topological polar surface area (TPSA) is 131 Å². The molecule has 0 spiro atoms. The summed E-state index contributed by atoms with van der Waals surface area (Å²) in [6, 6.07) is 10.6. The summed E-state index contributed by atoms with van der Waals surface area (Å²) < 4.78 is 2.58. The van der Waals surface area contributed by atoms with Crippen LogP contribution in [-0.2, 0) is 29.1 Å². The third-order valence-electron chi connectivity index (χ3n) is 5.32. The minimum atomic E-state index is -0.650. The van der Waals surface area contributed by atoms with Crippen molar-refractivity contribution in [1.82, 2.24) is 24.6 Å². The average Bonchev–Trinajstić information content (AvgIpc) is 3.47. The van der Waals surface area contributed by atoms with E-state index in [0.717, 1.165) is 15.8 Å². The Balaban J connectivity index is 1.44. The quantitative estimate of drug-likeness (QED) is 0.315. The molecule has 0 aliphatic heterocycles. The summed E-state index contributed by atoms with van der Waals surface area (Å²) in [6.07, 6.45) is 0.576. The van der Waals surface area contributed by atoms with Crippen molar-refractivity contribution in [3.05, 3.63) is 78.9 Å². The van der Waals surface area contributed by atoms with Crippen molar-refractivity contribution in [2.75, 3.05) is 11.9 Å². The molecule has 1 aromatic carbocycles. The predicted molar refractivity (Wildman–Crippen MR) is 135 cm³/mol. The molecule has 3 heterocycles. The van der Waals surface area contributed by atoms with Gasteiger partial charge in [0, 0.05) is 36.3 Å². The minimum absolute atomic E-state index is 0.0502. The predicted octanol–water partition coefficient (Wildman–Crippen LogP) is 2.30. The molecule has 0 unspecified atom stereocenters. The molecule has 0 fully saturated rings. The van der Waals surface area contributed by atoms with Crippen LogP contribution in [0.5, 0.6) is 0 Å². The molecule has 0 radical (unpaired) electrons. The van der Waals surface area contributed by atoms with Crippen LogP contribution in [0.3, 0.4) is 0 Å². The van der Waals surface area contributed by atoms with Gasteiger partial charge in [-0.3, -0.25) is 28.6 Å². The standard InChI is InChI=1S/C23H23ClN6O4S/c1-14-12-18(28-27-14)26-20(32)13-30-17-8-11-35-21(17)22(33)29(23(30)34)10-7-19(31)25-9-6-15-2-4-16(24)5-3-15/h2-5,8,11-12H,6-7,9-10,13H2,1H3,(H,25,31)(H2,26,27,28,32). The Morgan fingerprint density at radius 2 is 1.89 bits per heavy atom. The SMILES string of the molecule is Cc1cc(NC(=O)Cn2c(=O)n(CCC(=O)NCCc3ccc(Cl)cc3)c(=O)c3sccc32)n[nH]1. The maximum atomic E-state index is 13.1. The molecule has 3 aromatic heterocycles. The molecule has 0 aliphatic carbocycles. The zero-order valence-corrected chi connectivity index (χ0v) is 20.4. The highest BCUT2D eigenvalue weighted by Crippen LogP contribution is 2.15. The van der Waals surface area contributed by atoms with Gasteiger partial charge in [0.25, 0.3) is 5.56 Å². The summed E-state index contributed by atoms with van der Waals surface area (Å²) in [7, 11) is 0. The Bertz CT molecular complexity index is 1480. The van der Waals surface area contributed by atoms with Crippen molar-refractivity contribution in [2.45, 2.75) is 32.9 Å². The largest absolute Gasteiger partial charge is 0.356 e. The highest BCUT2D eigenvalue weighted by atomic mass is 35.5. The van der Waals surface area contributed by atoms with Crippen molar-refractivity contribution in [3.8, 4) is 0 Å². The monoisotopic (exact) mass is 514 g/mol. The van der Waals surface area contributed by atoms with E-state index in [2.05, 4.69) is 20.8 Å². The number of thiophene rings is 1. The molecule has 10 nitrogen and oxygen atoms in total. The van der Waals surface area contributed by atoms with Gasteiger partial charge in [0.1, 0.15) is 11.2 Å². The Hall–Kier alpha value is -3.70. The molecule has 3 N–H and O–H groups in total. The lowest BCUT2D eigenvalue weighted by Crippen LogP contribution is -2.42. The molecule has 182 valence electrons. The number of aromatic amines is 1. The molecule has 0 atom stereocenters. The van der Waals surface area contributed by atoms with Gasteiger partial charge in [-0.2, -0.15) is 5.10 Å². The Kier molecular flexibility index (Phi) is 7.47. The van der Waals surface area contributed by atoms with E-state index in [4.69, 9.17) is 11.6 Å². The van der Waals surface area contributed by atoms with Crippen LogP contribution in [-0.4, -0.2) is 37.7 Å². The number of fused-ring (bicyclic) bond motifs is 1. The number of carbonyl (C=O) groups excluding carboxylic acids is 2. The maximum Gasteiger partial charge on any atom is 0.332 e. The van der Waals surface area contributed by atoms with E-state index < -0.39 is 17.2 Å². The first kappa shape index (κ1) is 24.4. The fraction of sp³-hybridized carbons (Fsp3) is 0.261. The third kappa shape index (κ3) is 5.87. The summed E-state index contributed by atoms with van der Waals surface area (Å²) in [6.45, 7) is 1.81. The lowest BCUT2D eigenvalue weighted by atomic mass is 10.1. The summed E-state index contributed by atoms with van der Waals surface area (Å²) in [5.41, 5.74) is 1.05. The van der Waals surface area contributed by atoms with Crippen LogP contribution in [0.1, 0.15) is 17.7 Å². The lowest BCUT2D eigenvalue weighted by molar-refractivity contribution is -0.121. The van der Waals surface area contributed by atoms with Crippen LogP contribution >= 0.6 is 22.9 Å². The van der Waals surface area contributed by atoms with E-state index in [0.29, 0.717) is 34.0 Å². The first-order chi connectivity index (χ1) is 16.8. The zero-order chi connectivity index (χ0) is 24.9. The molecule has 0 aliphatic rings. The number of nitrogens with one attached hydrogen (secondary N) is 3. The van der Waals surface area contributed by atoms with Crippen LogP contribution in [0.2, 0.25) is 5.02 Å². The lowest BCUT2D eigenvalue weighted by Gasteiger charge is -2.12. The number of aryl methyl sites for hydroxylation is 1. The van der Waals surface area contributed by atoms with Gasteiger partial charge >= 0.3 is 5.69 Å². The van der Waals surface area contributed by atoms with Gasteiger partial charge in [-0.1, -0.05) is 23.7 Å². The number of hydrogen-bond acceptors (Lipinski definition) is 6. The van der Waals surface area contributed by atoms with Gasteiger partial charge in [0.15, 0.2) is 5.82 Å². The molecule has 2 amide bonds. The number of halogens is 1. The van der Waals surface area contributed by atoms with E-state index >= 15 is 0 Å². The van der Waals surface area contributed by atoms with Gasteiger partial charge in [-0.25, -0.2) is 4.79 Å². The fourth-order valence-corrected chi connectivity index (χ4v) is 4.56. The number of nitrogens with zero attached hydrogens (tertiary/aromatic N) is 3. The van der Waals surface area contributed by atoms with Crippen LogP contribution in [0.4, 0.5) is 5.82 Å². The van der Waals surface area contributed by atoms with Crippen molar-refractivity contribution >= 4 is 50.8 Å². The number of carbonyl (C=O) groups is 2. The number of aromatic nitrogens is 4.